The van der Waals surface area contributed by atoms with Gasteiger partial charge in [0.15, 0.2) is 0 Å². The average Bonchev–Trinajstić information content (AvgIpc) is 2.26. The van der Waals surface area contributed by atoms with Crippen molar-refractivity contribution in [2.75, 3.05) is 18.1 Å². The second-order valence-electron chi connectivity index (χ2n) is 2.67. The normalized spacial score (nSPS) is 9.57. The summed E-state index contributed by atoms with van der Waals surface area (Å²) in [5, 5.41) is 2.80. The van der Waals surface area contributed by atoms with Crippen LogP contribution >= 0.6 is 22.6 Å². The van der Waals surface area contributed by atoms with Gasteiger partial charge >= 0.3 is 0 Å². The molecular formula is C10H12INO2. The number of methoxy groups -OCH3 is 1. The molecule has 3 nitrogen and oxygen atoms in total. The second-order valence-corrected chi connectivity index (χ2v) is 3.75. The van der Waals surface area contributed by atoms with Gasteiger partial charge in [-0.2, -0.15) is 0 Å². The van der Waals surface area contributed by atoms with Gasteiger partial charge in [-0.1, -0.05) is 22.6 Å². The van der Waals surface area contributed by atoms with Crippen molar-refractivity contribution in [3.05, 3.63) is 29.8 Å². The molecule has 1 amide bonds. The molecule has 0 aromatic heterocycles. The van der Waals surface area contributed by atoms with Crippen LogP contribution in [0.2, 0.25) is 0 Å². The first-order valence-corrected chi connectivity index (χ1v) is 5.78. The Morgan fingerprint density at radius 2 is 2.07 bits per heavy atom. The summed E-state index contributed by atoms with van der Waals surface area (Å²) in [7, 11) is 1.60. The fraction of sp³-hybridized carbons (Fsp3) is 0.300. The summed E-state index contributed by atoms with van der Waals surface area (Å²) >= 11 is 2.22. The molecule has 0 unspecified atom stereocenters. The third-order valence-electron chi connectivity index (χ3n) is 1.73. The van der Waals surface area contributed by atoms with Gasteiger partial charge in [-0.25, -0.2) is 0 Å². The number of halogens is 1. The highest BCUT2D eigenvalue weighted by Gasteiger charge is 2.03. The van der Waals surface area contributed by atoms with Gasteiger partial charge in [-0.05, 0) is 24.3 Å². The number of carbonyl (C=O) groups is 1. The molecule has 0 spiro atoms. The molecule has 1 N–H and O–H groups in total. The summed E-state index contributed by atoms with van der Waals surface area (Å²) in [5.74, 6) is 0.722. The monoisotopic (exact) mass is 305 g/mol. The maximum Gasteiger partial charge on any atom is 0.251 e. The van der Waals surface area contributed by atoms with Crippen molar-refractivity contribution in [1.82, 2.24) is 5.32 Å². The number of benzene rings is 1. The van der Waals surface area contributed by atoms with Crippen LogP contribution in [0.4, 0.5) is 0 Å². The third kappa shape index (κ3) is 3.17. The van der Waals surface area contributed by atoms with Crippen LogP contribution < -0.4 is 10.1 Å². The van der Waals surface area contributed by atoms with Gasteiger partial charge in [0.25, 0.3) is 5.91 Å². The number of alkyl halides is 1. The van der Waals surface area contributed by atoms with Crippen molar-refractivity contribution in [1.29, 1.82) is 0 Å². The summed E-state index contributed by atoms with van der Waals surface area (Å²) in [6, 6.07) is 7.06. The van der Waals surface area contributed by atoms with E-state index in [2.05, 4.69) is 27.9 Å². The molecule has 0 saturated carbocycles. The maximum absolute atomic E-state index is 11.4. The number of hydrogen-bond acceptors (Lipinski definition) is 2. The molecule has 14 heavy (non-hydrogen) atoms. The van der Waals surface area contributed by atoms with E-state index in [1.165, 1.54) is 0 Å². The van der Waals surface area contributed by atoms with E-state index in [1.807, 2.05) is 0 Å². The Hall–Kier alpha value is -0.780. The van der Waals surface area contributed by atoms with E-state index in [9.17, 15) is 4.79 Å². The standard InChI is InChI=1S/C10H12INO2/c1-14-9-4-2-8(3-5-9)10(13)12-7-6-11/h2-5H,6-7H2,1H3,(H,12,13). The summed E-state index contributed by atoms with van der Waals surface area (Å²) < 4.78 is 5.91. The highest BCUT2D eigenvalue weighted by Crippen LogP contribution is 2.10. The van der Waals surface area contributed by atoms with Crippen molar-refractivity contribution < 1.29 is 9.53 Å². The van der Waals surface area contributed by atoms with Gasteiger partial charge in [0.1, 0.15) is 5.75 Å². The Morgan fingerprint density at radius 3 is 2.57 bits per heavy atom. The Morgan fingerprint density at radius 1 is 1.43 bits per heavy atom. The van der Waals surface area contributed by atoms with E-state index in [0.29, 0.717) is 12.1 Å². The summed E-state index contributed by atoms with van der Waals surface area (Å²) in [5.41, 5.74) is 0.663. The van der Waals surface area contributed by atoms with Crippen LogP contribution in [0, 0.1) is 0 Å². The number of amides is 1. The van der Waals surface area contributed by atoms with Gasteiger partial charge in [0.2, 0.25) is 0 Å². The molecule has 1 aromatic rings. The van der Waals surface area contributed by atoms with E-state index in [-0.39, 0.29) is 5.91 Å². The SMILES string of the molecule is COc1ccc(C(=O)NCCI)cc1. The van der Waals surface area contributed by atoms with Crippen molar-refractivity contribution in [2.45, 2.75) is 0 Å². The fourth-order valence-corrected chi connectivity index (χ4v) is 1.27. The molecule has 0 aliphatic carbocycles. The lowest BCUT2D eigenvalue weighted by atomic mass is 10.2. The highest BCUT2D eigenvalue weighted by molar-refractivity contribution is 14.1. The lowest BCUT2D eigenvalue weighted by Crippen LogP contribution is -2.24. The summed E-state index contributed by atoms with van der Waals surface area (Å²) in [6.45, 7) is 0.700. The number of nitrogens with one attached hydrogen (secondary N) is 1. The largest absolute Gasteiger partial charge is 0.497 e. The molecular weight excluding hydrogens is 293 g/mol. The number of ether oxygens (including phenoxy) is 1. The van der Waals surface area contributed by atoms with E-state index >= 15 is 0 Å². The van der Waals surface area contributed by atoms with Gasteiger partial charge in [0.05, 0.1) is 7.11 Å². The minimum atomic E-state index is -0.0377. The third-order valence-corrected chi connectivity index (χ3v) is 2.27. The Labute approximate surface area is 97.0 Å². The van der Waals surface area contributed by atoms with Crippen LogP contribution in [-0.2, 0) is 0 Å². The molecule has 76 valence electrons. The number of carbonyl (C=O) groups excluding carboxylic acids is 1. The zero-order chi connectivity index (χ0) is 10.4. The molecule has 0 aliphatic rings. The first-order valence-electron chi connectivity index (χ1n) is 4.26. The Balaban J connectivity index is 2.62. The quantitative estimate of drug-likeness (QED) is 0.681. The van der Waals surface area contributed by atoms with Gasteiger partial charge in [-0.3, -0.25) is 4.79 Å². The first-order chi connectivity index (χ1) is 6.77. The maximum atomic E-state index is 11.4. The summed E-state index contributed by atoms with van der Waals surface area (Å²) in [4.78, 5) is 11.4. The predicted octanol–water partition coefficient (Wildman–Crippen LogP) is 1.86. The van der Waals surface area contributed by atoms with Crippen molar-refractivity contribution in [3.8, 4) is 5.75 Å². The molecule has 0 fully saturated rings. The van der Waals surface area contributed by atoms with E-state index < -0.39 is 0 Å². The minimum Gasteiger partial charge on any atom is -0.497 e. The highest BCUT2D eigenvalue weighted by atomic mass is 127. The van der Waals surface area contributed by atoms with Crippen LogP contribution in [0.3, 0.4) is 0 Å². The molecule has 1 aromatic carbocycles. The predicted molar refractivity (Wildman–Crippen MR) is 64.2 cm³/mol. The van der Waals surface area contributed by atoms with Gasteiger partial charge < -0.3 is 10.1 Å². The molecule has 0 heterocycles. The number of rotatable bonds is 4. The van der Waals surface area contributed by atoms with Gasteiger partial charge in [-0.15, -0.1) is 0 Å². The van der Waals surface area contributed by atoms with Crippen LogP contribution in [0.1, 0.15) is 10.4 Å². The first kappa shape index (κ1) is 11.3. The van der Waals surface area contributed by atoms with E-state index in [4.69, 9.17) is 4.74 Å². The smallest absolute Gasteiger partial charge is 0.251 e. The van der Waals surface area contributed by atoms with Crippen LogP contribution in [0.25, 0.3) is 0 Å². The van der Waals surface area contributed by atoms with Crippen LogP contribution in [0.5, 0.6) is 5.75 Å². The van der Waals surface area contributed by atoms with Gasteiger partial charge in [0, 0.05) is 16.5 Å². The van der Waals surface area contributed by atoms with Crippen molar-refractivity contribution in [2.24, 2.45) is 0 Å². The Bertz CT molecular complexity index is 297. The lowest BCUT2D eigenvalue weighted by Gasteiger charge is -2.03. The summed E-state index contributed by atoms with van der Waals surface area (Å²) in [6.07, 6.45) is 0. The van der Waals surface area contributed by atoms with Crippen molar-refractivity contribution in [3.63, 3.8) is 0 Å². The Kier molecular flexibility index (Phi) is 4.72. The van der Waals surface area contributed by atoms with Crippen molar-refractivity contribution >= 4 is 28.5 Å². The molecule has 0 radical (unpaired) electrons. The molecule has 0 aliphatic heterocycles. The molecule has 0 saturated heterocycles. The average molecular weight is 305 g/mol. The molecule has 4 heteroatoms. The van der Waals surface area contributed by atoms with E-state index in [1.54, 1.807) is 31.4 Å². The minimum absolute atomic E-state index is 0.0377. The van der Waals surface area contributed by atoms with Crippen LogP contribution in [0.15, 0.2) is 24.3 Å². The molecule has 0 atom stereocenters. The second kappa shape index (κ2) is 5.85. The topological polar surface area (TPSA) is 38.3 Å². The number of hydrogen-bond donors (Lipinski definition) is 1. The molecule has 1 rings (SSSR count). The zero-order valence-corrected chi connectivity index (χ0v) is 10.1. The van der Waals surface area contributed by atoms with Crippen LogP contribution in [-0.4, -0.2) is 24.0 Å². The molecule has 0 bridgehead atoms. The van der Waals surface area contributed by atoms with E-state index in [0.717, 1.165) is 10.2 Å². The zero-order valence-electron chi connectivity index (χ0n) is 7.92. The lowest BCUT2D eigenvalue weighted by molar-refractivity contribution is 0.0956. The fourth-order valence-electron chi connectivity index (χ4n) is 1.01.